The Morgan fingerprint density at radius 3 is 2.70 bits per heavy atom. The maximum atomic E-state index is 13.1. The first-order chi connectivity index (χ1) is 14.5. The lowest BCUT2D eigenvalue weighted by molar-refractivity contribution is 0.744. The van der Waals surface area contributed by atoms with Gasteiger partial charge in [0.1, 0.15) is 17.8 Å². The largest absolute Gasteiger partial charge is 0.322 e. The van der Waals surface area contributed by atoms with Crippen molar-refractivity contribution in [2.24, 2.45) is 0 Å². The second-order valence-electron chi connectivity index (χ2n) is 7.45. The van der Waals surface area contributed by atoms with Crippen molar-refractivity contribution in [2.75, 3.05) is 0 Å². The minimum Gasteiger partial charge on any atom is -0.322 e. The summed E-state index contributed by atoms with van der Waals surface area (Å²) in [5.41, 5.74) is 5.59. The van der Waals surface area contributed by atoms with Crippen LogP contribution in [0.25, 0.3) is 22.2 Å². The second-order valence-corrected chi connectivity index (χ2v) is 7.45. The Hall–Kier alpha value is -4.18. The van der Waals surface area contributed by atoms with Crippen molar-refractivity contribution < 1.29 is 0 Å². The zero-order chi connectivity index (χ0) is 20.8. The molecule has 5 rings (SSSR count). The number of fused-ring (bicyclic) bond motifs is 2. The van der Waals surface area contributed by atoms with Crippen molar-refractivity contribution in [1.29, 1.82) is 5.26 Å². The van der Waals surface area contributed by atoms with Gasteiger partial charge >= 0.3 is 0 Å². The van der Waals surface area contributed by atoms with E-state index in [4.69, 9.17) is 0 Å². The summed E-state index contributed by atoms with van der Waals surface area (Å²) in [5.74, 6) is 0. The molecule has 0 spiro atoms. The van der Waals surface area contributed by atoms with Gasteiger partial charge in [0.05, 0.1) is 29.5 Å². The lowest BCUT2D eigenvalue weighted by atomic mass is 10.1. The summed E-state index contributed by atoms with van der Waals surface area (Å²) >= 11 is 0. The molecule has 0 aliphatic heterocycles. The Bertz CT molecular complexity index is 1510. The van der Waals surface area contributed by atoms with Crippen LogP contribution in [0.15, 0.2) is 66.1 Å². The number of nitrogens with zero attached hydrogens (tertiary/aromatic N) is 6. The Morgan fingerprint density at radius 2 is 1.93 bits per heavy atom. The van der Waals surface area contributed by atoms with E-state index in [1.165, 1.54) is 10.9 Å². The Kier molecular flexibility index (Phi) is 4.00. The third-order valence-electron chi connectivity index (χ3n) is 5.22. The van der Waals surface area contributed by atoms with Gasteiger partial charge in [-0.25, -0.2) is 9.67 Å². The van der Waals surface area contributed by atoms with Crippen molar-refractivity contribution in [2.45, 2.75) is 20.4 Å². The predicted molar refractivity (Wildman–Crippen MR) is 114 cm³/mol. The molecule has 7 nitrogen and oxygen atoms in total. The van der Waals surface area contributed by atoms with Crippen molar-refractivity contribution in [3.05, 3.63) is 93.9 Å². The van der Waals surface area contributed by atoms with E-state index in [0.717, 1.165) is 27.9 Å². The second kappa shape index (κ2) is 6.71. The molecule has 7 heteroatoms. The van der Waals surface area contributed by atoms with Crippen LogP contribution in [0.3, 0.4) is 0 Å². The molecule has 0 saturated carbocycles. The summed E-state index contributed by atoms with van der Waals surface area (Å²) < 4.78 is 5.10. The Balaban J connectivity index is 1.61. The number of benzene rings is 1. The molecule has 0 aliphatic carbocycles. The van der Waals surface area contributed by atoms with E-state index in [9.17, 15) is 10.1 Å². The Morgan fingerprint density at radius 1 is 1.13 bits per heavy atom. The zero-order valence-electron chi connectivity index (χ0n) is 16.6. The highest BCUT2D eigenvalue weighted by molar-refractivity contribution is 5.75. The van der Waals surface area contributed by atoms with E-state index in [1.807, 2.05) is 61.0 Å². The third-order valence-corrected chi connectivity index (χ3v) is 5.22. The van der Waals surface area contributed by atoms with Crippen LogP contribution in [0.5, 0.6) is 0 Å². The fourth-order valence-corrected chi connectivity index (χ4v) is 3.93. The smallest absolute Gasteiger partial charge is 0.264 e. The highest BCUT2D eigenvalue weighted by atomic mass is 16.1. The van der Waals surface area contributed by atoms with Crippen molar-refractivity contribution in [3.63, 3.8) is 0 Å². The maximum absolute atomic E-state index is 13.1. The summed E-state index contributed by atoms with van der Waals surface area (Å²) in [6, 6.07) is 14.1. The lowest BCUT2D eigenvalue weighted by Crippen LogP contribution is -2.21. The van der Waals surface area contributed by atoms with E-state index in [2.05, 4.69) is 22.2 Å². The lowest BCUT2D eigenvalue weighted by Gasteiger charge is -2.07. The normalized spacial score (nSPS) is 11.2. The topological polar surface area (TPSA) is 80.9 Å². The van der Waals surface area contributed by atoms with Crippen LogP contribution >= 0.6 is 0 Å². The van der Waals surface area contributed by atoms with E-state index in [-0.39, 0.29) is 12.1 Å². The molecule has 4 heterocycles. The molecule has 0 aliphatic rings. The van der Waals surface area contributed by atoms with Crippen molar-refractivity contribution >= 4 is 16.6 Å². The highest BCUT2D eigenvalue weighted by Crippen LogP contribution is 2.20. The molecule has 5 aromatic rings. The molecular weight excluding hydrogens is 376 g/mol. The average Bonchev–Trinajstić information content (AvgIpc) is 3.30. The summed E-state index contributed by atoms with van der Waals surface area (Å²) in [4.78, 5) is 17.6. The number of hydrogen-bond donors (Lipinski definition) is 0. The number of pyridine rings is 1. The number of aromatic nitrogens is 5. The summed E-state index contributed by atoms with van der Waals surface area (Å²) in [6.45, 7) is 4.32. The first-order valence-corrected chi connectivity index (χ1v) is 9.55. The SMILES string of the molecule is Cc1cc(C)cc(-n2ncc3c(=O)n(Cc4cn5ccccc5c4C#N)cnc32)c1. The van der Waals surface area contributed by atoms with Gasteiger partial charge < -0.3 is 4.40 Å². The van der Waals surface area contributed by atoms with Gasteiger partial charge in [0.25, 0.3) is 5.56 Å². The Labute approximate surface area is 172 Å². The number of hydrogen-bond acceptors (Lipinski definition) is 4. The number of aryl methyl sites for hydroxylation is 2. The predicted octanol–water partition coefficient (Wildman–Crippen LogP) is 3.37. The monoisotopic (exact) mass is 394 g/mol. The molecule has 0 amide bonds. The molecule has 4 aromatic heterocycles. The van der Waals surface area contributed by atoms with Crippen LogP contribution in [0, 0.1) is 25.2 Å². The molecule has 1 aromatic carbocycles. The molecule has 0 bridgehead atoms. The van der Waals surface area contributed by atoms with Crippen molar-refractivity contribution in [1.82, 2.24) is 23.7 Å². The first kappa shape index (κ1) is 17.9. The standard InChI is InChI=1S/C23H18N6O/c1-15-7-16(2)9-18(8-15)29-22-20(11-26-29)23(30)28(14-25-22)13-17-12-27-6-4-3-5-21(27)19(17)10-24/h3-9,11-12,14H,13H2,1-2H3. The quantitative estimate of drug-likeness (QED) is 0.470. The van der Waals surface area contributed by atoms with E-state index >= 15 is 0 Å². The average molecular weight is 394 g/mol. The maximum Gasteiger partial charge on any atom is 0.264 e. The van der Waals surface area contributed by atoms with Gasteiger partial charge in [0, 0.05) is 18.0 Å². The van der Waals surface area contributed by atoms with Crippen LogP contribution < -0.4 is 5.56 Å². The van der Waals surface area contributed by atoms with Gasteiger partial charge in [-0.2, -0.15) is 10.4 Å². The van der Waals surface area contributed by atoms with Gasteiger partial charge in [0.15, 0.2) is 5.65 Å². The van der Waals surface area contributed by atoms with Gasteiger partial charge in [-0.3, -0.25) is 9.36 Å². The fourth-order valence-electron chi connectivity index (χ4n) is 3.93. The number of rotatable bonds is 3. The minimum atomic E-state index is -0.185. The number of nitriles is 1. The molecule has 30 heavy (non-hydrogen) atoms. The molecule has 0 radical (unpaired) electrons. The van der Waals surface area contributed by atoms with Gasteiger partial charge in [0.2, 0.25) is 0 Å². The molecular formula is C23H18N6O. The summed E-state index contributed by atoms with van der Waals surface area (Å²) in [6.07, 6.45) is 6.84. The molecule has 0 N–H and O–H groups in total. The fraction of sp³-hybridized carbons (Fsp3) is 0.130. The van der Waals surface area contributed by atoms with E-state index < -0.39 is 0 Å². The molecule has 0 unspecified atom stereocenters. The summed E-state index contributed by atoms with van der Waals surface area (Å²) in [5, 5.41) is 14.5. The van der Waals surface area contributed by atoms with Crippen LogP contribution in [0.4, 0.5) is 0 Å². The van der Waals surface area contributed by atoms with Gasteiger partial charge in [-0.1, -0.05) is 12.1 Å². The summed E-state index contributed by atoms with van der Waals surface area (Å²) in [7, 11) is 0. The molecule has 0 saturated heterocycles. The van der Waals surface area contributed by atoms with Crippen LogP contribution in [0.2, 0.25) is 0 Å². The van der Waals surface area contributed by atoms with Crippen LogP contribution in [-0.2, 0) is 6.54 Å². The van der Waals surface area contributed by atoms with Gasteiger partial charge in [-0.05, 0) is 49.2 Å². The van der Waals surface area contributed by atoms with Crippen molar-refractivity contribution in [3.8, 4) is 11.8 Å². The minimum absolute atomic E-state index is 0.185. The van der Waals surface area contributed by atoms with Crippen LogP contribution in [0.1, 0.15) is 22.3 Å². The van der Waals surface area contributed by atoms with Gasteiger partial charge in [-0.15, -0.1) is 0 Å². The van der Waals surface area contributed by atoms with E-state index in [1.54, 1.807) is 10.9 Å². The first-order valence-electron chi connectivity index (χ1n) is 9.55. The third kappa shape index (κ3) is 2.78. The molecule has 0 atom stereocenters. The van der Waals surface area contributed by atoms with E-state index in [0.29, 0.717) is 16.6 Å². The molecule has 0 fully saturated rings. The molecule has 146 valence electrons. The van der Waals surface area contributed by atoms with Crippen LogP contribution in [-0.4, -0.2) is 23.7 Å². The highest BCUT2D eigenvalue weighted by Gasteiger charge is 2.15. The zero-order valence-corrected chi connectivity index (χ0v) is 16.6.